The van der Waals surface area contributed by atoms with Crippen molar-refractivity contribution in [3.05, 3.63) is 23.3 Å². The van der Waals surface area contributed by atoms with E-state index in [1.54, 1.807) is 32.9 Å². The zero-order valence-electron chi connectivity index (χ0n) is 10.6. The third kappa shape index (κ3) is 2.92. The maximum absolute atomic E-state index is 12.1. The van der Waals surface area contributed by atoms with Crippen LogP contribution in [0.5, 0.6) is 0 Å². The fourth-order valence-corrected chi connectivity index (χ4v) is 3.06. The molecule has 0 saturated carbocycles. The van der Waals surface area contributed by atoms with Gasteiger partial charge in [-0.2, -0.15) is 0 Å². The van der Waals surface area contributed by atoms with Crippen LogP contribution in [0.4, 0.5) is 10.5 Å². The number of nitrogen functional groups attached to an aromatic ring is 1. The number of rotatable bonds is 3. The van der Waals surface area contributed by atoms with Gasteiger partial charge in [-0.3, -0.25) is 0 Å². The highest BCUT2D eigenvalue weighted by Gasteiger charge is 2.22. The number of hydrogen-bond acceptors (Lipinski definition) is 4. The predicted octanol–water partition coefficient (Wildman–Crippen LogP) is 0.893. The molecule has 0 aromatic heterocycles. The first kappa shape index (κ1) is 14.3. The van der Waals surface area contributed by atoms with Crippen LogP contribution in [0, 0.1) is 13.8 Å². The molecule has 1 aromatic rings. The first-order valence-corrected chi connectivity index (χ1v) is 6.94. The van der Waals surface area contributed by atoms with Crippen LogP contribution in [-0.2, 0) is 10.0 Å². The molecule has 0 unspecified atom stereocenters. The van der Waals surface area contributed by atoms with Gasteiger partial charge in [0.05, 0.1) is 4.90 Å². The molecular formula is C11H17N3O3S. The second-order valence-electron chi connectivity index (χ2n) is 3.89. The summed E-state index contributed by atoms with van der Waals surface area (Å²) in [6, 6.07) is 2.49. The number of carbonyl (C=O) groups excluding carboxylic acids is 1. The van der Waals surface area contributed by atoms with Gasteiger partial charge in [-0.15, -0.1) is 0 Å². The third-order valence-corrected chi connectivity index (χ3v) is 4.10. The van der Waals surface area contributed by atoms with Gasteiger partial charge in [-0.05, 0) is 38.0 Å². The third-order valence-electron chi connectivity index (χ3n) is 2.48. The fourth-order valence-electron chi connectivity index (χ4n) is 1.63. The Morgan fingerprint density at radius 3 is 2.50 bits per heavy atom. The molecule has 0 aliphatic rings. The molecule has 2 amide bonds. The number of benzene rings is 1. The van der Waals surface area contributed by atoms with E-state index in [9.17, 15) is 13.2 Å². The van der Waals surface area contributed by atoms with E-state index in [2.05, 4.69) is 5.32 Å². The van der Waals surface area contributed by atoms with Crippen molar-refractivity contribution in [2.75, 3.05) is 12.3 Å². The molecule has 0 atom stereocenters. The number of aryl methyl sites for hydroxylation is 1. The van der Waals surface area contributed by atoms with Crippen molar-refractivity contribution in [3.63, 3.8) is 0 Å². The van der Waals surface area contributed by atoms with Crippen molar-refractivity contribution < 1.29 is 13.2 Å². The minimum atomic E-state index is -3.91. The zero-order chi connectivity index (χ0) is 13.9. The summed E-state index contributed by atoms with van der Waals surface area (Å²) in [5.41, 5.74) is 7.03. The van der Waals surface area contributed by atoms with Crippen LogP contribution < -0.4 is 15.8 Å². The molecule has 100 valence electrons. The highest BCUT2D eigenvalue weighted by Crippen LogP contribution is 2.24. The lowest BCUT2D eigenvalue weighted by molar-refractivity contribution is 0.246. The minimum Gasteiger partial charge on any atom is -0.398 e. The van der Waals surface area contributed by atoms with Gasteiger partial charge in [-0.25, -0.2) is 17.9 Å². The Balaban J connectivity index is 3.21. The molecular weight excluding hydrogens is 254 g/mol. The molecule has 0 saturated heterocycles. The molecule has 6 nitrogen and oxygen atoms in total. The number of sulfonamides is 1. The summed E-state index contributed by atoms with van der Waals surface area (Å²) in [5.74, 6) is 0. The topological polar surface area (TPSA) is 101 Å². The van der Waals surface area contributed by atoms with Crippen molar-refractivity contribution in [2.24, 2.45) is 0 Å². The van der Waals surface area contributed by atoms with Crippen molar-refractivity contribution in [2.45, 2.75) is 25.7 Å². The molecule has 0 radical (unpaired) electrons. The van der Waals surface area contributed by atoms with Crippen LogP contribution in [0.2, 0.25) is 0 Å². The summed E-state index contributed by atoms with van der Waals surface area (Å²) < 4.78 is 26.1. The van der Waals surface area contributed by atoms with Crippen LogP contribution in [0.25, 0.3) is 0 Å². The second kappa shape index (κ2) is 5.26. The molecule has 7 heteroatoms. The molecule has 0 aliphatic carbocycles. The predicted molar refractivity (Wildman–Crippen MR) is 69.7 cm³/mol. The Morgan fingerprint density at radius 2 is 1.94 bits per heavy atom. The van der Waals surface area contributed by atoms with Crippen LogP contribution in [0.15, 0.2) is 17.0 Å². The van der Waals surface area contributed by atoms with E-state index in [1.165, 1.54) is 0 Å². The number of anilines is 1. The molecule has 18 heavy (non-hydrogen) atoms. The minimum absolute atomic E-state index is 0.0498. The Labute approximate surface area is 107 Å². The highest BCUT2D eigenvalue weighted by atomic mass is 32.2. The van der Waals surface area contributed by atoms with Gasteiger partial charge in [0.25, 0.3) is 10.0 Å². The number of nitrogens with one attached hydrogen (secondary N) is 2. The van der Waals surface area contributed by atoms with Crippen LogP contribution >= 0.6 is 0 Å². The average molecular weight is 271 g/mol. The summed E-state index contributed by atoms with van der Waals surface area (Å²) in [6.45, 7) is 5.30. The number of nitrogens with two attached hydrogens (primary N) is 1. The highest BCUT2D eigenvalue weighted by molar-refractivity contribution is 7.90. The molecule has 0 bridgehead atoms. The van der Waals surface area contributed by atoms with Crippen molar-refractivity contribution >= 4 is 21.7 Å². The monoisotopic (exact) mass is 271 g/mol. The van der Waals surface area contributed by atoms with Gasteiger partial charge >= 0.3 is 6.03 Å². The van der Waals surface area contributed by atoms with E-state index in [-0.39, 0.29) is 4.90 Å². The molecule has 0 fully saturated rings. The van der Waals surface area contributed by atoms with E-state index in [0.717, 1.165) is 0 Å². The van der Waals surface area contributed by atoms with E-state index in [4.69, 9.17) is 5.73 Å². The first-order chi connectivity index (χ1) is 8.29. The van der Waals surface area contributed by atoms with Crippen LogP contribution in [0.1, 0.15) is 18.1 Å². The lowest BCUT2D eigenvalue weighted by atomic mass is 10.1. The average Bonchev–Trinajstić information content (AvgIpc) is 2.23. The summed E-state index contributed by atoms with van der Waals surface area (Å²) in [6.07, 6.45) is 0. The molecule has 0 heterocycles. The summed E-state index contributed by atoms with van der Waals surface area (Å²) in [4.78, 5) is 11.4. The fraction of sp³-hybridized carbons (Fsp3) is 0.364. The number of amides is 2. The smallest absolute Gasteiger partial charge is 0.328 e. The number of carbonyl (C=O) groups is 1. The maximum Gasteiger partial charge on any atom is 0.328 e. The summed E-state index contributed by atoms with van der Waals surface area (Å²) in [5, 5.41) is 2.36. The van der Waals surface area contributed by atoms with Crippen LogP contribution in [0.3, 0.4) is 0 Å². The van der Waals surface area contributed by atoms with Crippen LogP contribution in [-0.4, -0.2) is 21.0 Å². The van der Waals surface area contributed by atoms with Crippen molar-refractivity contribution in [3.8, 4) is 0 Å². The molecule has 0 spiro atoms. The Kier molecular flexibility index (Phi) is 4.18. The largest absolute Gasteiger partial charge is 0.398 e. The maximum atomic E-state index is 12.1. The van der Waals surface area contributed by atoms with E-state index >= 15 is 0 Å². The first-order valence-electron chi connectivity index (χ1n) is 5.46. The van der Waals surface area contributed by atoms with Gasteiger partial charge in [0.2, 0.25) is 0 Å². The van der Waals surface area contributed by atoms with Crippen molar-refractivity contribution in [1.29, 1.82) is 0 Å². The summed E-state index contributed by atoms with van der Waals surface area (Å²) >= 11 is 0. The van der Waals surface area contributed by atoms with Gasteiger partial charge in [0.15, 0.2) is 0 Å². The van der Waals surface area contributed by atoms with E-state index < -0.39 is 16.1 Å². The van der Waals surface area contributed by atoms with Gasteiger partial charge in [0, 0.05) is 12.2 Å². The lowest BCUT2D eigenvalue weighted by Crippen LogP contribution is -2.39. The number of urea groups is 1. The normalized spacial score (nSPS) is 11.1. The molecule has 0 aliphatic heterocycles. The van der Waals surface area contributed by atoms with Gasteiger partial charge < -0.3 is 11.1 Å². The molecule has 4 N–H and O–H groups in total. The Hall–Kier alpha value is -1.76. The SMILES string of the molecule is CCNC(=O)NS(=O)(=O)c1c(C)ccc(N)c1C. The van der Waals surface area contributed by atoms with E-state index in [1.807, 2.05) is 4.72 Å². The zero-order valence-corrected chi connectivity index (χ0v) is 11.4. The molecule has 1 aromatic carbocycles. The Bertz CT molecular complexity index is 567. The Morgan fingerprint density at radius 1 is 1.33 bits per heavy atom. The summed E-state index contributed by atoms with van der Waals surface area (Å²) in [7, 11) is -3.91. The lowest BCUT2D eigenvalue weighted by Gasteiger charge is -2.13. The standard InChI is InChI=1S/C11H17N3O3S/c1-4-13-11(15)14-18(16,17)10-7(2)5-6-9(12)8(10)3/h5-6H,4,12H2,1-3H3,(H2,13,14,15). The van der Waals surface area contributed by atoms with E-state index in [0.29, 0.717) is 23.4 Å². The van der Waals surface area contributed by atoms with Gasteiger partial charge in [-0.1, -0.05) is 6.07 Å². The van der Waals surface area contributed by atoms with Gasteiger partial charge in [0.1, 0.15) is 0 Å². The number of hydrogen-bond donors (Lipinski definition) is 3. The van der Waals surface area contributed by atoms with Crippen molar-refractivity contribution in [1.82, 2.24) is 10.0 Å². The molecule has 1 rings (SSSR count). The second-order valence-corrected chi connectivity index (χ2v) is 5.51. The quantitative estimate of drug-likeness (QED) is 0.711.